The Balaban J connectivity index is 1.92. The molecule has 0 saturated heterocycles. The van der Waals surface area contributed by atoms with Gasteiger partial charge in [0.05, 0.1) is 12.1 Å². The summed E-state index contributed by atoms with van der Waals surface area (Å²) in [5.74, 6) is 0.220. The van der Waals surface area contributed by atoms with Crippen LogP contribution in [0.15, 0.2) is 23.3 Å². The Morgan fingerprint density at radius 1 is 1.45 bits per heavy atom. The van der Waals surface area contributed by atoms with Gasteiger partial charge < -0.3 is 10.1 Å². The predicted octanol–water partition coefficient (Wildman–Crippen LogP) is 1.86. The molecule has 108 valence electrons. The van der Waals surface area contributed by atoms with E-state index in [-0.39, 0.29) is 11.4 Å². The number of carbonyl (C=O) groups excluding carboxylic acids is 1. The molecule has 0 aromatic carbocycles. The molecule has 0 atom stereocenters. The minimum absolute atomic E-state index is 0.188. The van der Waals surface area contributed by atoms with Crippen LogP contribution in [0.1, 0.15) is 10.4 Å². The van der Waals surface area contributed by atoms with Gasteiger partial charge in [-0.1, -0.05) is 11.8 Å². The molecule has 1 amide bonds. The van der Waals surface area contributed by atoms with Crippen LogP contribution in [0.5, 0.6) is 5.88 Å². The van der Waals surface area contributed by atoms with E-state index in [1.165, 1.54) is 23.9 Å². The summed E-state index contributed by atoms with van der Waals surface area (Å²) in [7, 11) is 0. The zero-order valence-corrected chi connectivity index (χ0v) is 10.9. The van der Waals surface area contributed by atoms with E-state index in [0.717, 1.165) is 11.9 Å². The van der Waals surface area contributed by atoms with Gasteiger partial charge in [0.2, 0.25) is 5.88 Å². The quantitative estimate of drug-likeness (QED) is 0.926. The fourth-order valence-corrected chi connectivity index (χ4v) is 2.06. The molecule has 1 aromatic rings. The van der Waals surface area contributed by atoms with E-state index in [1.54, 1.807) is 0 Å². The molecule has 1 aromatic heterocycles. The van der Waals surface area contributed by atoms with Crippen molar-refractivity contribution in [2.75, 3.05) is 18.9 Å². The number of halogens is 3. The van der Waals surface area contributed by atoms with E-state index in [1.807, 2.05) is 0 Å². The molecule has 1 aliphatic rings. The van der Waals surface area contributed by atoms with Crippen LogP contribution in [0, 0.1) is 0 Å². The van der Waals surface area contributed by atoms with Crippen LogP contribution >= 0.6 is 11.8 Å². The first-order valence-corrected chi connectivity index (χ1v) is 6.57. The van der Waals surface area contributed by atoms with Crippen LogP contribution in [0.2, 0.25) is 0 Å². The Hall–Kier alpha value is -1.77. The number of aliphatic imine (C=N–C) groups is 1. The largest absolute Gasteiger partial charge is 0.468 e. The number of hydrogen-bond donors (Lipinski definition) is 1. The second-order valence-corrected chi connectivity index (χ2v) is 4.86. The molecule has 0 bridgehead atoms. The molecule has 2 heterocycles. The van der Waals surface area contributed by atoms with Crippen LogP contribution in [0.4, 0.5) is 13.2 Å². The molecule has 20 heavy (non-hydrogen) atoms. The fraction of sp³-hybridized carbons (Fsp3) is 0.364. The van der Waals surface area contributed by atoms with Gasteiger partial charge in [-0.3, -0.25) is 9.79 Å². The van der Waals surface area contributed by atoms with Gasteiger partial charge >= 0.3 is 6.18 Å². The molecule has 9 heteroatoms. The third-order valence-corrected chi connectivity index (χ3v) is 3.08. The zero-order chi connectivity index (χ0) is 14.6. The van der Waals surface area contributed by atoms with Gasteiger partial charge in [-0.15, -0.1) is 0 Å². The van der Waals surface area contributed by atoms with Crippen molar-refractivity contribution >= 4 is 22.8 Å². The van der Waals surface area contributed by atoms with Crippen LogP contribution < -0.4 is 10.1 Å². The Bertz CT molecular complexity index is 517. The van der Waals surface area contributed by atoms with Crippen molar-refractivity contribution in [2.45, 2.75) is 6.18 Å². The van der Waals surface area contributed by atoms with Crippen LogP contribution in [0.25, 0.3) is 0 Å². The minimum Gasteiger partial charge on any atom is -0.468 e. The highest BCUT2D eigenvalue weighted by molar-refractivity contribution is 8.14. The van der Waals surface area contributed by atoms with E-state index in [0.29, 0.717) is 11.7 Å². The number of rotatable bonds is 3. The third-order valence-electron chi connectivity index (χ3n) is 2.19. The lowest BCUT2D eigenvalue weighted by Crippen LogP contribution is -2.27. The highest BCUT2D eigenvalue weighted by atomic mass is 32.2. The van der Waals surface area contributed by atoms with Crippen molar-refractivity contribution in [3.05, 3.63) is 23.9 Å². The number of alkyl halides is 3. The number of amides is 1. The molecule has 0 fully saturated rings. The maximum atomic E-state index is 11.9. The van der Waals surface area contributed by atoms with Gasteiger partial charge in [-0.05, 0) is 6.07 Å². The number of nitrogens with zero attached hydrogens (tertiary/aromatic N) is 2. The number of thioether (sulfide) groups is 1. The monoisotopic (exact) mass is 305 g/mol. The summed E-state index contributed by atoms with van der Waals surface area (Å²) in [5, 5.41) is 3.12. The predicted molar refractivity (Wildman–Crippen MR) is 68.0 cm³/mol. The molecular weight excluding hydrogens is 295 g/mol. The lowest BCUT2D eigenvalue weighted by Gasteiger charge is -2.08. The van der Waals surface area contributed by atoms with Crippen LogP contribution in [-0.2, 0) is 0 Å². The van der Waals surface area contributed by atoms with Crippen molar-refractivity contribution in [1.29, 1.82) is 0 Å². The van der Waals surface area contributed by atoms with Crippen LogP contribution in [0.3, 0.4) is 0 Å². The number of ether oxygens (including phenoxy) is 1. The molecule has 0 aliphatic carbocycles. The van der Waals surface area contributed by atoms with Gasteiger partial charge in [-0.2, -0.15) is 13.2 Å². The number of amidine groups is 1. The molecule has 1 N–H and O–H groups in total. The maximum absolute atomic E-state index is 11.9. The first kappa shape index (κ1) is 14.6. The van der Waals surface area contributed by atoms with E-state index >= 15 is 0 Å². The van der Waals surface area contributed by atoms with E-state index in [9.17, 15) is 18.0 Å². The average Bonchev–Trinajstić information content (AvgIpc) is 2.89. The molecule has 0 spiro atoms. The fourth-order valence-electron chi connectivity index (χ4n) is 1.34. The lowest BCUT2D eigenvalue weighted by molar-refractivity contribution is -0.154. The Labute approximate surface area is 116 Å². The summed E-state index contributed by atoms with van der Waals surface area (Å²) in [6, 6.07) is 2.55. The lowest BCUT2D eigenvalue weighted by atomic mass is 10.3. The van der Waals surface area contributed by atoms with Crippen LogP contribution in [-0.4, -0.2) is 41.1 Å². The normalized spacial score (nSPS) is 14.8. The SMILES string of the molecule is O=C(NC1=NCCS1)c1ccc(OCC(F)(F)F)nc1. The smallest absolute Gasteiger partial charge is 0.422 e. The summed E-state index contributed by atoms with van der Waals surface area (Å²) < 4.78 is 40.3. The van der Waals surface area contributed by atoms with Gasteiger partial charge in [0.1, 0.15) is 0 Å². The topological polar surface area (TPSA) is 63.6 Å². The second kappa shape index (κ2) is 6.12. The number of hydrogen-bond acceptors (Lipinski definition) is 5. The first-order chi connectivity index (χ1) is 9.44. The molecular formula is C11H10F3N3O2S. The molecule has 5 nitrogen and oxygen atoms in total. The maximum Gasteiger partial charge on any atom is 0.422 e. The minimum atomic E-state index is -4.42. The average molecular weight is 305 g/mol. The van der Waals surface area contributed by atoms with E-state index < -0.39 is 18.7 Å². The Kier molecular flexibility index (Phi) is 4.48. The summed E-state index contributed by atoms with van der Waals surface area (Å²) in [5.41, 5.74) is 0.222. The Morgan fingerprint density at radius 2 is 2.25 bits per heavy atom. The van der Waals surface area contributed by atoms with Gasteiger partial charge in [-0.25, -0.2) is 4.98 Å². The Morgan fingerprint density at radius 3 is 2.80 bits per heavy atom. The molecule has 0 saturated carbocycles. The molecule has 0 radical (unpaired) electrons. The van der Waals surface area contributed by atoms with Crippen molar-refractivity contribution in [3.8, 4) is 5.88 Å². The standard InChI is InChI=1S/C11H10F3N3O2S/c12-11(13,14)6-19-8-2-1-7(5-16-8)9(18)17-10-15-3-4-20-10/h1-2,5H,3-4,6H2,(H,15,17,18). The van der Waals surface area contributed by atoms with Crippen molar-refractivity contribution in [3.63, 3.8) is 0 Å². The molecule has 1 aliphatic heterocycles. The summed E-state index contributed by atoms with van der Waals surface area (Å²) in [4.78, 5) is 19.5. The highest BCUT2D eigenvalue weighted by Crippen LogP contribution is 2.17. The second-order valence-electron chi connectivity index (χ2n) is 3.78. The molecule has 0 unspecified atom stereocenters. The first-order valence-electron chi connectivity index (χ1n) is 5.58. The van der Waals surface area contributed by atoms with Crippen molar-refractivity contribution < 1.29 is 22.7 Å². The van der Waals surface area contributed by atoms with Crippen molar-refractivity contribution in [1.82, 2.24) is 10.3 Å². The highest BCUT2D eigenvalue weighted by Gasteiger charge is 2.28. The van der Waals surface area contributed by atoms with E-state index in [2.05, 4.69) is 20.0 Å². The zero-order valence-electron chi connectivity index (χ0n) is 10.1. The van der Waals surface area contributed by atoms with Gasteiger partial charge in [0.15, 0.2) is 11.8 Å². The number of nitrogens with one attached hydrogen (secondary N) is 1. The van der Waals surface area contributed by atoms with E-state index in [4.69, 9.17) is 0 Å². The van der Waals surface area contributed by atoms with Gasteiger partial charge in [0, 0.05) is 18.0 Å². The number of aromatic nitrogens is 1. The summed E-state index contributed by atoms with van der Waals surface area (Å²) >= 11 is 1.43. The molecule has 2 rings (SSSR count). The summed E-state index contributed by atoms with van der Waals surface area (Å²) in [6.45, 7) is -0.762. The van der Waals surface area contributed by atoms with Gasteiger partial charge in [0.25, 0.3) is 5.91 Å². The van der Waals surface area contributed by atoms with Crippen molar-refractivity contribution in [2.24, 2.45) is 4.99 Å². The number of pyridine rings is 1. The number of carbonyl (C=O) groups is 1. The third kappa shape index (κ3) is 4.41. The summed E-state index contributed by atoms with van der Waals surface area (Å²) in [6.07, 6.45) is -3.27.